The Hall–Kier alpha value is -2.50. The van der Waals surface area contributed by atoms with Gasteiger partial charge in [-0.3, -0.25) is 9.59 Å². The van der Waals surface area contributed by atoms with Gasteiger partial charge in [0.25, 0.3) is 11.5 Å². The summed E-state index contributed by atoms with van der Waals surface area (Å²) in [5.41, 5.74) is 0.866. The summed E-state index contributed by atoms with van der Waals surface area (Å²) in [6.45, 7) is 0.798. The van der Waals surface area contributed by atoms with E-state index in [0.717, 1.165) is 10.9 Å². The molecule has 1 amide bonds. The molecule has 1 aromatic heterocycles. The molecule has 0 aliphatic heterocycles. The largest absolute Gasteiger partial charge is 0.492 e. The predicted molar refractivity (Wildman–Crippen MR) is 108 cm³/mol. The first-order valence-electron chi connectivity index (χ1n) is 8.42. The number of carbonyl (C=O) groups excluding carboxylic acids is 1. The van der Waals surface area contributed by atoms with Crippen LogP contribution >= 0.6 is 23.2 Å². The van der Waals surface area contributed by atoms with E-state index >= 15 is 0 Å². The lowest BCUT2D eigenvalue weighted by Gasteiger charge is -2.11. The molecule has 3 aromatic rings. The summed E-state index contributed by atoms with van der Waals surface area (Å²) >= 11 is 11.9. The molecule has 0 saturated heterocycles. The van der Waals surface area contributed by atoms with E-state index in [0.29, 0.717) is 40.9 Å². The molecule has 27 heavy (non-hydrogen) atoms. The molecular formula is C20H18Cl2N2O3. The van der Waals surface area contributed by atoms with Crippen LogP contribution in [0.3, 0.4) is 0 Å². The number of aromatic nitrogens is 1. The zero-order valence-electron chi connectivity index (χ0n) is 14.7. The number of pyridine rings is 1. The number of nitrogens with zero attached hydrogens (tertiary/aromatic N) is 1. The number of carbonyl (C=O) groups is 1. The first-order chi connectivity index (χ1) is 13.0. The number of amides is 1. The predicted octanol–water partition coefficient (Wildman–Crippen LogP) is 4.04. The highest BCUT2D eigenvalue weighted by molar-refractivity contribution is 6.35. The molecule has 2 aromatic carbocycles. The van der Waals surface area contributed by atoms with Crippen LogP contribution in [-0.2, 0) is 7.05 Å². The third-order valence-electron chi connectivity index (χ3n) is 4.16. The quantitative estimate of drug-likeness (QED) is 0.630. The van der Waals surface area contributed by atoms with Gasteiger partial charge in [0.15, 0.2) is 0 Å². The Balaban J connectivity index is 1.59. The van der Waals surface area contributed by atoms with E-state index in [2.05, 4.69) is 5.32 Å². The number of fused-ring (bicyclic) bond motifs is 1. The van der Waals surface area contributed by atoms with Gasteiger partial charge in [0, 0.05) is 30.1 Å². The minimum absolute atomic E-state index is 0.223. The minimum Gasteiger partial charge on any atom is -0.492 e. The minimum atomic E-state index is -0.284. The summed E-state index contributed by atoms with van der Waals surface area (Å²) in [5.74, 6) is 0.262. The Kier molecular flexibility index (Phi) is 6.04. The maximum absolute atomic E-state index is 12.5. The Morgan fingerprint density at radius 1 is 1.15 bits per heavy atom. The van der Waals surface area contributed by atoms with Crippen molar-refractivity contribution in [2.75, 3.05) is 13.2 Å². The highest BCUT2D eigenvalue weighted by atomic mass is 35.5. The van der Waals surface area contributed by atoms with Crippen LogP contribution in [0.4, 0.5) is 0 Å². The van der Waals surface area contributed by atoms with Gasteiger partial charge >= 0.3 is 0 Å². The molecule has 3 rings (SSSR count). The molecule has 140 valence electrons. The number of hydrogen-bond donors (Lipinski definition) is 1. The Morgan fingerprint density at radius 2 is 1.93 bits per heavy atom. The van der Waals surface area contributed by atoms with Gasteiger partial charge in [-0.15, -0.1) is 0 Å². The molecular weight excluding hydrogens is 387 g/mol. The third-order valence-corrected chi connectivity index (χ3v) is 4.69. The monoisotopic (exact) mass is 404 g/mol. The van der Waals surface area contributed by atoms with Crippen LogP contribution in [0.1, 0.15) is 16.8 Å². The molecule has 7 heteroatoms. The van der Waals surface area contributed by atoms with Gasteiger partial charge in [-0.25, -0.2) is 0 Å². The number of hydrogen-bond acceptors (Lipinski definition) is 3. The molecule has 0 fully saturated rings. The van der Waals surface area contributed by atoms with Crippen LogP contribution in [0.15, 0.2) is 53.3 Å². The van der Waals surface area contributed by atoms with Crippen LogP contribution < -0.4 is 15.6 Å². The van der Waals surface area contributed by atoms with E-state index in [1.165, 1.54) is 10.6 Å². The Bertz CT molecular complexity index is 1050. The lowest BCUT2D eigenvalue weighted by molar-refractivity contribution is 0.0953. The van der Waals surface area contributed by atoms with Crippen molar-refractivity contribution < 1.29 is 9.53 Å². The highest BCUT2D eigenvalue weighted by Crippen LogP contribution is 2.27. The lowest BCUT2D eigenvalue weighted by atomic mass is 10.1. The highest BCUT2D eigenvalue weighted by Gasteiger charge is 2.13. The molecule has 0 spiro atoms. The second-order valence-electron chi connectivity index (χ2n) is 6.01. The van der Waals surface area contributed by atoms with Crippen molar-refractivity contribution in [2.45, 2.75) is 6.42 Å². The van der Waals surface area contributed by atoms with Crippen LogP contribution in [0.25, 0.3) is 10.9 Å². The summed E-state index contributed by atoms with van der Waals surface area (Å²) in [6.07, 6.45) is 0.591. The lowest BCUT2D eigenvalue weighted by Crippen LogP contribution is -2.28. The molecule has 0 saturated carbocycles. The third kappa shape index (κ3) is 4.43. The molecule has 0 bridgehead atoms. The van der Waals surface area contributed by atoms with Crippen molar-refractivity contribution in [2.24, 2.45) is 7.05 Å². The van der Waals surface area contributed by atoms with Gasteiger partial charge < -0.3 is 14.6 Å². The summed E-state index contributed by atoms with van der Waals surface area (Å²) in [6, 6.07) is 13.7. The van der Waals surface area contributed by atoms with Gasteiger partial charge in [0.2, 0.25) is 0 Å². The molecule has 5 nitrogen and oxygen atoms in total. The van der Waals surface area contributed by atoms with E-state index in [1.54, 1.807) is 25.2 Å². The summed E-state index contributed by atoms with van der Waals surface area (Å²) in [4.78, 5) is 24.6. The van der Waals surface area contributed by atoms with Crippen LogP contribution in [0, 0.1) is 0 Å². The van der Waals surface area contributed by atoms with Crippen molar-refractivity contribution in [1.82, 2.24) is 9.88 Å². The molecule has 0 radical (unpaired) electrons. The van der Waals surface area contributed by atoms with Crippen LogP contribution in [0.2, 0.25) is 10.0 Å². The topological polar surface area (TPSA) is 60.3 Å². The summed E-state index contributed by atoms with van der Waals surface area (Å²) in [7, 11) is 1.69. The molecule has 0 unspecified atom stereocenters. The number of rotatable bonds is 6. The normalized spacial score (nSPS) is 10.8. The van der Waals surface area contributed by atoms with Gasteiger partial charge in [0.1, 0.15) is 5.75 Å². The molecule has 1 heterocycles. The Labute approximate surface area is 166 Å². The van der Waals surface area contributed by atoms with Crippen molar-refractivity contribution in [3.05, 3.63) is 74.5 Å². The number of nitrogens with one attached hydrogen (secondary N) is 1. The van der Waals surface area contributed by atoms with Crippen molar-refractivity contribution >= 4 is 40.0 Å². The fourth-order valence-electron chi connectivity index (χ4n) is 2.74. The van der Waals surface area contributed by atoms with E-state index in [1.807, 2.05) is 24.3 Å². The zero-order chi connectivity index (χ0) is 19.4. The molecule has 0 aliphatic carbocycles. The van der Waals surface area contributed by atoms with Crippen molar-refractivity contribution in [3.63, 3.8) is 0 Å². The van der Waals surface area contributed by atoms with Crippen molar-refractivity contribution in [1.29, 1.82) is 0 Å². The number of benzene rings is 2. The fourth-order valence-corrected chi connectivity index (χ4v) is 3.21. The number of ether oxygens (including phenoxy) is 1. The summed E-state index contributed by atoms with van der Waals surface area (Å²) in [5, 5.41) is 4.55. The van der Waals surface area contributed by atoms with Gasteiger partial charge in [-0.05, 0) is 30.7 Å². The van der Waals surface area contributed by atoms with E-state index < -0.39 is 0 Å². The van der Waals surface area contributed by atoms with Crippen LogP contribution in [0.5, 0.6) is 5.75 Å². The average Bonchev–Trinajstić information content (AvgIpc) is 2.65. The summed E-state index contributed by atoms with van der Waals surface area (Å²) < 4.78 is 7.11. The maximum atomic E-state index is 12.5. The van der Waals surface area contributed by atoms with Gasteiger partial charge in [-0.1, -0.05) is 41.4 Å². The first kappa shape index (κ1) is 19.3. The van der Waals surface area contributed by atoms with Gasteiger partial charge in [-0.2, -0.15) is 0 Å². The zero-order valence-corrected chi connectivity index (χ0v) is 16.2. The van der Waals surface area contributed by atoms with Gasteiger partial charge in [0.05, 0.1) is 22.7 Å². The molecule has 1 N–H and O–H groups in total. The number of para-hydroxylation sites is 1. The number of halogens is 2. The second kappa shape index (κ2) is 8.46. The van der Waals surface area contributed by atoms with E-state index in [4.69, 9.17) is 27.9 Å². The molecule has 0 atom stereocenters. The standard InChI is InChI=1S/C20H18Cl2N2O3/c1-24-17-6-3-2-5-14(17)15(12-19(24)25)20(26)23-9-4-10-27-18-8-7-13(21)11-16(18)22/h2-3,5-8,11-12H,4,9-10H2,1H3,(H,23,26). The Morgan fingerprint density at radius 3 is 2.70 bits per heavy atom. The maximum Gasteiger partial charge on any atom is 0.252 e. The first-order valence-corrected chi connectivity index (χ1v) is 9.18. The molecule has 0 aliphatic rings. The van der Waals surface area contributed by atoms with Crippen LogP contribution in [-0.4, -0.2) is 23.6 Å². The van der Waals surface area contributed by atoms with E-state index in [-0.39, 0.29) is 11.5 Å². The second-order valence-corrected chi connectivity index (χ2v) is 6.85. The SMILES string of the molecule is Cn1c(=O)cc(C(=O)NCCCOc2ccc(Cl)cc2Cl)c2ccccc21. The number of aryl methyl sites for hydroxylation is 1. The van der Waals surface area contributed by atoms with Crippen molar-refractivity contribution in [3.8, 4) is 5.75 Å². The fraction of sp³-hybridized carbons (Fsp3) is 0.200. The average molecular weight is 405 g/mol. The smallest absolute Gasteiger partial charge is 0.252 e. The van der Waals surface area contributed by atoms with E-state index in [9.17, 15) is 9.59 Å².